The number of carbonyl (C=O) groups excluding carboxylic acids is 2. The molecule has 8 heterocycles. The fourth-order valence-electron chi connectivity index (χ4n) is 9.27. The van der Waals surface area contributed by atoms with Crippen LogP contribution < -0.4 is 40.8 Å². The van der Waals surface area contributed by atoms with Gasteiger partial charge in [-0.15, -0.1) is 0 Å². The number of nitrogens with zero attached hydrogens (tertiary/aromatic N) is 10. The molecule has 2 fully saturated rings. The third-order valence-corrected chi connectivity index (χ3v) is 12.4. The number of pyridine rings is 2. The van der Waals surface area contributed by atoms with Gasteiger partial charge in [0.2, 0.25) is 11.2 Å². The number of aliphatic hydroxyl groups excluding tert-OH is 2. The van der Waals surface area contributed by atoms with Gasteiger partial charge in [0.25, 0.3) is 11.8 Å². The van der Waals surface area contributed by atoms with E-state index >= 15 is 0 Å². The van der Waals surface area contributed by atoms with Gasteiger partial charge in [-0.1, -0.05) is 0 Å². The molecule has 6 aromatic rings. The summed E-state index contributed by atoms with van der Waals surface area (Å²) in [7, 11) is 3.08. The van der Waals surface area contributed by atoms with E-state index in [0.29, 0.717) is 97.6 Å². The molecule has 72 heavy (non-hydrogen) atoms. The van der Waals surface area contributed by atoms with Crippen molar-refractivity contribution >= 4 is 45.3 Å². The van der Waals surface area contributed by atoms with Crippen molar-refractivity contribution in [1.82, 2.24) is 38.9 Å². The summed E-state index contributed by atoms with van der Waals surface area (Å²) in [4.78, 5) is 55.8. The van der Waals surface area contributed by atoms with Gasteiger partial charge in [0.05, 0.1) is 50.8 Å². The summed E-state index contributed by atoms with van der Waals surface area (Å²) in [5.41, 5.74) is 2.34. The van der Waals surface area contributed by atoms with E-state index in [4.69, 9.17) is 33.4 Å². The minimum Gasteiger partial charge on any atom is -0.491 e. The molecule has 4 aromatic heterocycles. The number of morpholine rings is 2. The smallest absolute Gasteiger partial charge is 0.281 e. The van der Waals surface area contributed by atoms with E-state index in [2.05, 4.69) is 45.4 Å². The number of β-amino-alcohol motifs (C(OH)–C–C–N with tert-alkyl or cyclic N) is 2. The zero-order valence-corrected chi connectivity index (χ0v) is 40.8. The minimum absolute atomic E-state index is 0.0939. The Morgan fingerprint density at radius 3 is 1.61 bits per heavy atom. The monoisotopic (exact) mass is 988 g/mol. The number of nitrogens with one attached hydrogen (secondary N) is 2. The lowest BCUT2D eigenvalue weighted by Crippen LogP contribution is -2.48. The summed E-state index contributed by atoms with van der Waals surface area (Å²) >= 11 is 0. The Morgan fingerprint density at radius 2 is 1.17 bits per heavy atom. The first kappa shape index (κ1) is 49.9. The number of hydrogen-bond acceptors (Lipinski definition) is 18. The summed E-state index contributed by atoms with van der Waals surface area (Å²) in [6.45, 7) is 12.4. The summed E-state index contributed by atoms with van der Waals surface area (Å²) in [5, 5.41) is 29.5. The quantitative estimate of drug-likeness (QED) is 0.122. The Hall–Kier alpha value is -7.08. The van der Waals surface area contributed by atoms with Gasteiger partial charge < -0.3 is 49.3 Å². The van der Waals surface area contributed by atoms with E-state index in [1.807, 2.05) is 47.2 Å². The van der Waals surface area contributed by atoms with Crippen molar-refractivity contribution in [3.8, 4) is 23.0 Å². The van der Waals surface area contributed by atoms with Crippen LogP contribution in [-0.4, -0.2) is 178 Å². The predicted octanol–water partition coefficient (Wildman–Crippen LogP) is 2.13. The molecule has 10 rings (SSSR count). The molecule has 2 aromatic carbocycles. The predicted molar refractivity (Wildman–Crippen MR) is 265 cm³/mol. The van der Waals surface area contributed by atoms with Crippen molar-refractivity contribution < 1.29 is 48.2 Å². The van der Waals surface area contributed by atoms with Crippen LogP contribution >= 0.6 is 0 Å². The zero-order chi connectivity index (χ0) is 50.1. The van der Waals surface area contributed by atoms with Crippen molar-refractivity contribution in [1.29, 1.82) is 0 Å². The van der Waals surface area contributed by atoms with Gasteiger partial charge >= 0.3 is 0 Å². The summed E-state index contributed by atoms with van der Waals surface area (Å²) in [6.07, 6.45) is 5.06. The van der Waals surface area contributed by atoms with E-state index in [-0.39, 0.29) is 36.7 Å². The number of rotatable bonds is 14. The lowest BCUT2D eigenvalue weighted by molar-refractivity contribution is -0.0787. The average molecular weight is 989 g/mol. The molecule has 0 spiro atoms. The number of aromatic nitrogens is 6. The van der Waals surface area contributed by atoms with Gasteiger partial charge in [0.1, 0.15) is 48.1 Å². The third kappa shape index (κ3) is 11.5. The first-order valence-corrected chi connectivity index (χ1v) is 24.1. The highest BCUT2D eigenvalue weighted by Gasteiger charge is 2.26. The molecule has 22 heteroatoms. The molecule has 4 N–H and O–H groups in total. The Bertz CT molecular complexity index is 3010. The van der Waals surface area contributed by atoms with E-state index in [1.54, 1.807) is 50.9 Å². The number of anilines is 2. The van der Waals surface area contributed by atoms with Crippen molar-refractivity contribution in [3.05, 3.63) is 95.7 Å². The fourth-order valence-corrected chi connectivity index (χ4v) is 9.27. The van der Waals surface area contributed by atoms with Crippen LogP contribution in [0, 0.1) is 0 Å². The van der Waals surface area contributed by atoms with Crippen LogP contribution in [0.25, 0.3) is 21.8 Å². The highest BCUT2D eigenvalue weighted by Crippen LogP contribution is 2.38. The largest absolute Gasteiger partial charge is 0.491 e. The number of hydrogen-bond donors (Lipinski definition) is 4. The molecule has 380 valence electrons. The van der Waals surface area contributed by atoms with Gasteiger partial charge in [-0.05, 0) is 62.4 Å². The maximum absolute atomic E-state index is 12.8. The molecule has 4 aliphatic rings. The number of benzene rings is 2. The van der Waals surface area contributed by atoms with E-state index < -0.39 is 24.0 Å². The van der Waals surface area contributed by atoms with Crippen LogP contribution in [0.15, 0.2) is 83.3 Å². The summed E-state index contributed by atoms with van der Waals surface area (Å²) in [6, 6.07) is 14.1. The second-order valence-electron chi connectivity index (χ2n) is 17.8. The SMILES string of the molecule is COc1c(OC[C@H](O)CN2CCOCC2)ccc2c3n(c(=NC(=O)c4cccnc4)nc12)CCN3.COc1c(OC[C@H](O)CN2C[C@@H](C)O[C@@H](C)C2)ccc2c3n(c(=NC(=O)c4cccnc4)nc12)CCN3. The molecule has 0 unspecified atom stereocenters. The normalized spacial score (nSPS) is 19.1. The Balaban J connectivity index is 0.000000178. The minimum atomic E-state index is -0.689. The molecule has 0 radical (unpaired) electrons. The van der Waals surface area contributed by atoms with Gasteiger partial charge in [0, 0.05) is 101 Å². The fraction of sp³-hybridized carbons (Fsp3) is 0.440. The first-order valence-electron chi connectivity index (χ1n) is 24.1. The van der Waals surface area contributed by atoms with Gasteiger partial charge in [-0.2, -0.15) is 9.98 Å². The van der Waals surface area contributed by atoms with Crippen molar-refractivity contribution in [2.24, 2.45) is 9.98 Å². The number of ether oxygens (including phenoxy) is 6. The third-order valence-electron chi connectivity index (χ3n) is 12.4. The topological polar surface area (TPSA) is 247 Å². The van der Waals surface area contributed by atoms with Crippen molar-refractivity contribution in [2.75, 3.05) is 104 Å². The second-order valence-corrected chi connectivity index (χ2v) is 17.8. The molecule has 22 nitrogen and oxygen atoms in total. The molecule has 0 aliphatic carbocycles. The highest BCUT2D eigenvalue weighted by atomic mass is 16.5. The maximum Gasteiger partial charge on any atom is 0.281 e. The number of carbonyl (C=O) groups is 2. The van der Waals surface area contributed by atoms with E-state index in [9.17, 15) is 19.8 Å². The second kappa shape index (κ2) is 23.0. The molecule has 0 saturated carbocycles. The number of fused-ring (bicyclic) bond motifs is 6. The Morgan fingerprint density at radius 1 is 0.694 bits per heavy atom. The summed E-state index contributed by atoms with van der Waals surface area (Å²) in [5.74, 6) is 2.52. The van der Waals surface area contributed by atoms with Crippen molar-refractivity contribution in [3.63, 3.8) is 0 Å². The molecular weight excluding hydrogens is 929 g/mol. The van der Waals surface area contributed by atoms with Gasteiger partial charge in [-0.25, -0.2) is 9.97 Å². The first-order chi connectivity index (χ1) is 35.1. The molecule has 2 amide bonds. The van der Waals surface area contributed by atoms with Crippen LogP contribution in [0.3, 0.4) is 0 Å². The van der Waals surface area contributed by atoms with E-state index in [0.717, 1.165) is 48.6 Å². The van der Waals surface area contributed by atoms with Crippen molar-refractivity contribution in [2.45, 2.75) is 51.4 Å². The molecule has 0 bridgehead atoms. The zero-order valence-electron chi connectivity index (χ0n) is 40.8. The molecule has 2 saturated heterocycles. The van der Waals surface area contributed by atoms with Gasteiger partial charge in [0.15, 0.2) is 23.0 Å². The maximum atomic E-state index is 12.8. The molecule has 4 atom stereocenters. The van der Waals surface area contributed by atoms with Crippen LogP contribution in [0.5, 0.6) is 23.0 Å². The number of methoxy groups -OCH3 is 2. The van der Waals surface area contributed by atoms with Crippen LogP contribution in [0.2, 0.25) is 0 Å². The average Bonchev–Trinajstić information content (AvgIpc) is 4.10. The lowest BCUT2D eigenvalue weighted by atomic mass is 10.2. The Kier molecular flexibility index (Phi) is 15.9. The molecular formula is C50H60N12O10. The number of aliphatic hydroxyl groups is 2. The lowest BCUT2D eigenvalue weighted by Gasteiger charge is -2.36. The Labute approximate surface area is 414 Å². The highest BCUT2D eigenvalue weighted by molar-refractivity contribution is 5.98. The summed E-state index contributed by atoms with van der Waals surface area (Å²) < 4.78 is 38.2. The standard InChI is InChI=1S/C26H32N6O5.C24H28N6O5/c1-16-12-31(13-17(2)37-16)14-19(33)15-36-21-7-6-20-22(23(21)35-3)29-26(32-10-9-28-24(20)32)30-25(34)18-5-4-8-27-11-18;1-33-21-19(35-15-17(31)14-29-9-11-34-12-10-29)5-4-18-20(21)27-24(30-8-7-26-22(18)30)28-23(32)16-3-2-6-25-13-16/h4-8,11,16-17,19,28,33H,9-10,12-15H2,1-3H3;2-6,13,17,26,31H,7-12,14-15H2,1H3/t16-,17+,19-;17-/m11/s1. The van der Waals surface area contributed by atoms with Gasteiger partial charge in [-0.3, -0.25) is 38.5 Å². The van der Waals surface area contributed by atoms with Crippen LogP contribution in [-0.2, 0) is 22.6 Å². The van der Waals surface area contributed by atoms with Crippen LogP contribution in [0.4, 0.5) is 11.6 Å². The molecule has 4 aliphatic heterocycles. The van der Waals surface area contributed by atoms with E-state index in [1.165, 1.54) is 12.4 Å². The van der Waals surface area contributed by atoms with Crippen LogP contribution in [0.1, 0.15) is 34.6 Å². The number of amides is 2.